The van der Waals surface area contributed by atoms with Crippen molar-refractivity contribution in [3.63, 3.8) is 0 Å². The highest BCUT2D eigenvalue weighted by molar-refractivity contribution is 7.20. The van der Waals surface area contributed by atoms with Crippen LogP contribution in [0.1, 0.15) is 34.6 Å². The molecule has 0 fully saturated rings. The van der Waals surface area contributed by atoms with Crippen LogP contribution in [0.15, 0.2) is 0 Å². The molecular formula is C12H29ClSi2. The van der Waals surface area contributed by atoms with Crippen LogP contribution in [-0.2, 0) is 0 Å². The molecule has 0 amide bonds. The Morgan fingerprint density at radius 1 is 0.667 bits per heavy atom. The molecule has 0 heterocycles. The van der Waals surface area contributed by atoms with Crippen molar-refractivity contribution in [3.8, 4) is 0 Å². The summed E-state index contributed by atoms with van der Waals surface area (Å²) in [7, 11) is -2.26. The van der Waals surface area contributed by atoms with Gasteiger partial charge in [-0.3, -0.25) is 0 Å². The second-order valence-electron chi connectivity index (χ2n) is 4.92. The largest absolute Gasteiger partial charge is 0.167 e. The molecule has 15 heavy (non-hydrogen) atoms. The van der Waals surface area contributed by atoms with Crippen molar-refractivity contribution in [2.45, 2.75) is 76.9 Å². The fourth-order valence-electron chi connectivity index (χ4n) is 2.37. The zero-order chi connectivity index (χ0) is 11.9. The van der Waals surface area contributed by atoms with Crippen molar-refractivity contribution in [2.24, 2.45) is 0 Å². The maximum atomic E-state index is 6.75. The summed E-state index contributed by atoms with van der Waals surface area (Å²) in [6, 6.07) is 9.74. The Bertz CT molecular complexity index is 155. The summed E-state index contributed by atoms with van der Waals surface area (Å²) in [5.41, 5.74) is 0. The van der Waals surface area contributed by atoms with Crippen LogP contribution in [0.2, 0.25) is 42.3 Å². The van der Waals surface area contributed by atoms with E-state index < -0.39 is 15.5 Å². The van der Waals surface area contributed by atoms with Crippen LogP contribution in [0, 0.1) is 0 Å². The van der Waals surface area contributed by atoms with Crippen molar-refractivity contribution >= 4 is 26.5 Å². The quantitative estimate of drug-likeness (QED) is 0.389. The molecule has 0 radical (unpaired) electrons. The van der Waals surface area contributed by atoms with Crippen LogP contribution in [-0.4, -0.2) is 15.5 Å². The molecule has 0 spiro atoms. The first-order valence-corrected chi connectivity index (χ1v) is 13.2. The lowest BCUT2D eigenvalue weighted by atomic mass is 10.9. The molecule has 0 aliphatic heterocycles. The molecule has 0 nitrogen and oxygen atoms in total. The van der Waals surface area contributed by atoms with Crippen LogP contribution >= 0.6 is 11.1 Å². The van der Waals surface area contributed by atoms with E-state index in [1.807, 2.05) is 0 Å². The van der Waals surface area contributed by atoms with Crippen LogP contribution in [0.3, 0.4) is 0 Å². The Morgan fingerprint density at radius 2 is 1.07 bits per heavy atom. The molecule has 0 aromatic carbocycles. The van der Waals surface area contributed by atoms with Gasteiger partial charge < -0.3 is 0 Å². The lowest BCUT2D eigenvalue weighted by molar-refractivity contribution is 1.09. The summed E-state index contributed by atoms with van der Waals surface area (Å²) < 4.78 is 0. The highest BCUT2D eigenvalue weighted by Crippen LogP contribution is 2.34. The molecular weight excluding hydrogens is 236 g/mol. The second-order valence-corrected chi connectivity index (χ2v) is 17.2. The minimum absolute atomic E-state index is 0.909. The maximum Gasteiger partial charge on any atom is 0.155 e. The summed E-state index contributed by atoms with van der Waals surface area (Å²) in [5.74, 6) is 0. The van der Waals surface area contributed by atoms with Gasteiger partial charge in [0.05, 0.1) is 8.07 Å². The van der Waals surface area contributed by atoms with Gasteiger partial charge in [-0.05, 0) is 18.1 Å². The summed E-state index contributed by atoms with van der Waals surface area (Å²) in [6.45, 7) is 11.8. The lowest BCUT2D eigenvalue weighted by Crippen LogP contribution is -2.35. The Kier molecular flexibility index (Phi) is 7.47. The minimum atomic E-state index is -1.35. The molecule has 0 bridgehead atoms. The predicted molar refractivity (Wildman–Crippen MR) is 79.4 cm³/mol. The van der Waals surface area contributed by atoms with E-state index in [4.69, 9.17) is 11.1 Å². The Hall–Kier alpha value is 0.724. The average molecular weight is 265 g/mol. The van der Waals surface area contributed by atoms with Crippen molar-refractivity contribution in [2.75, 3.05) is 0 Å². The molecule has 0 saturated heterocycles. The first-order valence-electron chi connectivity index (χ1n) is 6.70. The third-order valence-electron chi connectivity index (χ3n) is 4.62. The van der Waals surface area contributed by atoms with Gasteiger partial charge >= 0.3 is 0 Å². The fraction of sp³-hybridized carbons (Fsp3) is 1.00. The highest BCUT2D eigenvalue weighted by Gasteiger charge is 2.33. The number of halogens is 1. The first kappa shape index (κ1) is 15.7. The van der Waals surface area contributed by atoms with Crippen LogP contribution in [0.25, 0.3) is 0 Å². The molecule has 0 aromatic heterocycles. The monoisotopic (exact) mass is 264 g/mol. The van der Waals surface area contributed by atoms with E-state index in [0.717, 1.165) is 0 Å². The minimum Gasteiger partial charge on any atom is -0.167 e. The molecule has 0 aromatic rings. The van der Waals surface area contributed by atoms with Crippen molar-refractivity contribution in [1.82, 2.24) is 0 Å². The van der Waals surface area contributed by atoms with E-state index in [2.05, 4.69) is 34.6 Å². The Labute approximate surface area is 104 Å². The molecule has 0 rings (SSSR count). The zero-order valence-electron chi connectivity index (χ0n) is 11.3. The van der Waals surface area contributed by atoms with Crippen molar-refractivity contribution < 1.29 is 0 Å². The lowest BCUT2D eigenvalue weighted by Gasteiger charge is -2.31. The van der Waals surface area contributed by atoms with Gasteiger partial charge in [0.15, 0.2) is 7.38 Å². The zero-order valence-corrected chi connectivity index (χ0v) is 14.1. The van der Waals surface area contributed by atoms with Gasteiger partial charge in [-0.1, -0.05) is 58.8 Å². The third kappa shape index (κ3) is 4.62. The van der Waals surface area contributed by atoms with Gasteiger partial charge in [-0.25, -0.2) is 0 Å². The molecule has 92 valence electrons. The number of hydrogen-bond donors (Lipinski definition) is 0. The van der Waals surface area contributed by atoms with Gasteiger partial charge in [0.1, 0.15) is 0 Å². The molecule has 0 unspecified atom stereocenters. The maximum absolute atomic E-state index is 6.75. The summed E-state index contributed by atoms with van der Waals surface area (Å²) in [4.78, 5) is 0. The smallest absolute Gasteiger partial charge is 0.155 e. The topological polar surface area (TPSA) is 0 Å². The molecule has 0 atom stereocenters. The highest BCUT2D eigenvalue weighted by atomic mass is 35.6. The second kappa shape index (κ2) is 7.13. The van der Waals surface area contributed by atoms with Gasteiger partial charge in [-0.15, -0.1) is 0 Å². The number of hydrogen-bond acceptors (Lipinski definition) is 0. The van der Waals surface area contributed by atoms with Gasteiger partial charge in [0, 0.05) is 0 Å². The summed E-state index contributed by atoms with van der Waals surface area (Å²) in [5, 5.41) is 0. The van der Waals surface area contributed by atoms with Crippen LogP contribution < -0.4 is 0 Å². The molecule has 0 N–H and O–H groups in total. The predicted octanol–water partition coefficient (Wildman–Crippen LogP) is 5.72. The van der Waals surface area contributed by atoms with Crippen molar-refractivity contribution in [1.29, 1.82) is 0 Å². The van der Waals surface area contributed by atoms with Gasteiger partial charge in [0.25, 0.3) is 0 Å². The van der Waals surface area contributed by atoms with Gasteiger partial charge in [-0.2, -0.15) is 11.1 Å². The Morgan fingerprint density at radius 3 is 1.33 bits per heavy atom. The van der Waals surface area contributed by atoms with E-state index in [-0.39, 0.29) is 0 Å². The summed E-state index contributed by atoms with van der Waals surface area (Å²) in [6.07, 6.45) is 0. The van der Waals surface area contributed by atoms with Crippen LogP contribution in [0.4, 0.5) is 0 Å². The third-order valence-corrected chi connectivity index (χ3v) is 16.8. The number of rotatable bonds is 8. The van der Waals surface area contributed by atoms with E-state index in [1.54, 1.807) is 0 Å². The van der Waals surface area contributed by atoms with E-state index >= 15 is 0 Å². The summed E-state index contributed by atoms with van der Waals surface area (Å²) >= 11 is 6.75. The van der Waals surface area contributed by atoms with Crippen molar-refractivity contribution in [3.05, 3.63) is 0 Å². The molecule has 0 aliphatic carbocycles. The van der Waals surface area contributed by atoms with E-state index in [9.17, 15) is 0 Å². The molecule has 0 aliphatic rings. The fourth-order valence-corrected chi connectivity index (χ4v) is 10.9. The van der Waals surface area contributed by atoms with E-state index in [1.165, 1.54) is 42.3 Å². The van der Waals surface area contributed by atoms with Crippen LogP contribution in [0.5, 0.6) is 0 Å². The Balaban J connectivity index is 4.32. The average Bonchev–Trinajstić information content (AvgIpc) is 2.31. The van der Waals surface area contributed by atoms with E-state index in [0.29, 0.717) is 0 Å². The normalized spacial score (nSPS) is 13.2. The molecule has 3 heteroatoms. The molecule has 0 saturated carbocycles. The SMILES string of the molecule is CC[Si](Cl)(CC)CC[Si](CC)(CC)CC. The standard InChI is InChI=1S/C12H29ClSi2/c1-6-14(7-2,8-3)11-12-15(13,9-4)10-5/h6-12H2,1-5H3. The van der Waals surface area contributed by atoms with Gasteiger partial charge in [0.2, 0.25) is 0 Å². The first-order chi connectivity index (χ1) is 7.01.